The van der Waals surface area contributed by atoms with Gasteiger partial charge in [0, 0.05) is 12.6 Å². The normalized spacial score (nSPS) is 15.2. The molecule has 0 aliphatic heterocycles. The lowest BCUT2D eigenvalue weighted by Gasteiger charge is -2.30. The molecule has 0 fully saturated rings. The van der Waals surface area contributed by atoms with Crippen molar-refractivity contribution in [3.8, 4) is 0 Å². The van der Waals surface area contributed by atoms with Crippen LogP contribution >= 0.6 is 0 Å². The predicted molar refractivity (Wildman–Crippen MR) is 72.6 cm³/mol. The number of primary amides is 1. The quantitative estimate of drug-likeness (QED) is 0.602. The van der Waals surface area contributed by atoms with E-state index in [9.17, 15) is 4.79 Å². The Labute approximate surface area is 106 Å². The first-order valence-corrected chi connectivity index (χ1v) is 6.64. The smallest absolute Gasteiger partial charge is 0.237 e. The molecule has 102 valence electrons. The minimum absolute atomic E-state index is 0.422. The Bertz CT molecular complexity index is 227. The van der Waals surface area contributed by atoms with E-state index in [2.05, 4.69) is 25.7 Å². The number of hydrogen-bond acceptors (Lipinski definition) is 3. The highest BCUT2D eigenvalue weighted by Gasteiger charge is 2.26. The van der Waals surface area contributed by atoms with Crippen molar-refractivity contribution in [2.45, 2.75) is 65.0 Å². The Morgan fingerprint density at radius 2 is 1.88 bits per heavy atom. The van der Waals surface area contributed by atoms with Crippen LogP contribution in [-0.4, -0.2) is 35.5 Å². The lowest BCUT2D eigenvalue weighted by molar-refractivity contribution is -0.122. The van der Waals surface area contributed by atoms with Gasteiger partial charge in [-0.05, 0) is 40.2 Å². The van der Waals surface area contributed by atoms with Crippen LogP contribution in [-0.2, 0) is 4.79 Å². The van der Waals surface area contributed by atoms with Gasteiger partial charge in [-0.15, -0.1) is 0 Å². The molecule has 0 aliphatic carbocycles. The van der Waals surface area contributed by atoms with Crippen LogP contribution in [0, 0.1) is 0 Å². The molecule has 0 bridgehead atoms. The fourth-order valence-corrected chi connectivity index (χ4v) is 1.69. The average molecular weight is 243 g/mol. The number of carbonyl (C=O) groups is 1. The molecule has 0 spiro atoms. The van der Waals surface area contributed by atoms with Crippen LogP contribution in [0.1, 0.15) is 53.4 Å². The van der Waals surface area contributed by atoms with Crippen molar-refractivity contribution in [3.63, 3.8) is 0 Å². The van der Waals surface area contributed by atoms with Crippen LogP contribution in [0.2, 0.25) is 0 Å². The number of nitrogens with zero attached hydrogens (tertiary/aromatic N) is 1. The van der Waals surface area contributed by atoms with Gasteiger partial charge in [0.25, 0.3) is 0 Å². The topological polar surface area (TPSA) is 72.3 Å². The standard InChI is InChI=1S/C13H29N3O/c1-5-6-7-9-16(11(2)3)10-8-13(4,15)12(14)17/h11H,5-10,15H2,1-4H3,(H2,14,17). The van der Waals surface area contributed by atoms with Crippen molar-refractivity contribution in [3.05, 3.63) is 0 Å². The maximum atomic E-state index is 11.1. The van der Waals surface area contributed by atoms with Crippen molar-refractivity contribution < 1.29 is 4.79 Å². The van der Waals surface area contributed by atoms with Gasteiger partial charge in [0.15, 0.2) is 0 Å². The molecule has 1 atom stereocenters. The van der Waals surface area contributed by atoms with Crippen LogP contribution in [0.15, 0.2) is 0 Å². The number of unbranched alkanes of at least 4 members (excludes halogenated alkanes) is 2. The van der Waals surface area contributed by atoms with Gasteiger partial charge in [-0.25, -0.2) is 0 Å². The molecule has 4 nitrogen and oxygen atoms in total. The summed E-state index contributed by atoms with van der Waals surface area (Å²) in [6.45, 7) is 10.1. The Morgan fingerprint density at radius 3 is 2.29 bits per heavy atom. The van der Waals surface area contributed by atoms with Gasteiger partial charge in [-0.3, -0.25) is 4.79 Å². The Kier molecular flexibility index (Phi) is 7.39. The van der Waals surface area contributed by atoms with Gasteiger partial charge in [-0.2, -0.15) is 0 Å². The molecule has 0 aromatic carbocycles. The molecule has 0 saturated carbocycles. The van der Waals surface area contributed by atoms with E-state index in [0.717, 1.165) is 13.1 Å². The summed E-state index contributed by atoms with van der Waals surface area (Å²) in [4.78, 5) is 13.5. The third kappa shape index (κ3) is 6.64. The van der Waals surface area contributed by atoms with E-state index in [-0.39, 0.29) is 0 Å². The summed E-state index contributed by atoms with van der Waals surface area (Å²) in [7, 11) is 0. The Morgan fingerprint density at radius 1 is 1.29 bits per heavy atom. The van der Waals surface area contributed by atoms with E-state index < -0.39 is 11.4 Å². The van der Waals surface area contributed by atoms with Crippen molar-refractivity contribution in [2.24, 2.45) is 11.5 Å². The van der Waals surface area contributed by atoms with Crippen LogP contribution in [0.4, 0.5) is 0 Å². The first kappa shape index (κ1) is 16.4. The lowest BCUT2D eigenvalue weighted by Crippen LogP contribution is -2.51. The summed E-state index contributed by atoms with van der Waals surface area (Å²) in [5.41, 5.74) is 10.2. The predicted octanol–water partition coefficient (Wildman–Crippen LogP) is 1.48. The van der Waals surface area contributed by atoms with E-state index in [1.807, 2.05) is 0 Å². The van der Waals surface area contributed by atoms with Crippen molar-refractivity contribution in [1.29, 1.82) is 0 Å². The molecular weight excluding hydrogens is 214 g/mol. The molecule has 1 amide bonds. The molecule has 0 aliphatic rings. The average Bonchev–Trinajstić information content (AvgIpc) is 2.22. The number of rotatable bonds is 9. The van der Waals surface area contributed by atoms with Gasteiger partial charge in [0.1, 0.15) is 0 Å². The Hall–Kier alpha value is -0.610. The number of amides is 1. The minimum atomic E-state index is -0.891. The van der Waals surface area contributed by atoms with E-state index in [1.54, 1.807) is 6.92 Å². The monoisotopic (exact) mass is 243 g/mol. The molecule has 4 N–H and O–H groups in total. The molecule has 0 aromatic rings. The highest BCUT2D eigenvalue weighted by Crippen LogP contribution is 2.10. The summed E-state index contributed by atoms with van der Waals surface area (Å²) in [5, 5.41) is 0. The number of hydrogen-bond donors (Lipinski definition) is 2. The molecular formula is C13H29N3O. The maximum absolute atomic E-state index is 11.1. The summed E-state index contributed by atoms with van der Waals surface area (Å²) in [6.07, 6.45) is 4.29. The zero-order chi connectivity index (χ0) is 13.5. The van der Waals surface area contributed by atoms with Crippen LogP contribution in [0.3, 0.4) is 0 Å². The molecule has 17 heavy (non-hydrogen) atoms. The van der Waals surface area contributed by atoms with Gasteiger partial charge in [0.2, 0.25) is 5.91 Å². The minimum Gasteiger partial charge on any atom is -0.368 e. The highest BCUT2D eigenvalue weighted by atomic mass is 16.1. The molecule has 4 heteroatoms. The first-order valence-electron chi connectivity index (χ1n) is 6.64. The van der Waals surface area contributed by atoms with E-state index in [4.69, 9.17) is 11.5 Å². The van der Waals surface area contributed by atoms with Crippen molar-refractivity contribution in [2.75, 3.05) is 13.1 Å². The fourth-order valence-electron chi connectivity index (χ4n) is 1.69. The zero-order valence-electron chi connectivity index (χ0n) is 11.8. The lowest BCUT2D eigenvalue weighted by atomic mass is 9.98. The third-order valence-electron chi connectivity index (χ3n) is 3.26. The van der Waals surface area contributed by atoms with Gasteiger partial charge >= 0.3 is 0 Å². The van der Waals surface area contributed by atoms with E-state index >= 15 is 0 Å². The summed E-state index contributed by atoms with van der Waals surface area (Å²) >= 11 is 0. The second-order valence-corrected chi connectivity index (χ2v) is 5.37. The fraction of sp³-hybridized carbons (Fsp3) is 0.923. The van der Waals surface area contributed by atoms with Crippen molar-refractivity contribution in [1.82, 2.24) is 4.90 Å². The van der Waals surface area contributed by atoms with Crippen LogP contribution in [0.5, 0.6) is 0 Å². The summed E-state index contributed by atoms with van der Waals surface area (Å²) < 4.78 is 0. The van der Waals surface area contributed by atoms with Crippen molar-refractivity contribution >= 4 is 5.91 Å². The maximum Gasteiger partial charge on any atom is 0.237 e. The Balaban J connectivity index is 4.13. The molecule has 0 aromatic heterocycles. The van der Waals surface area contributed by atoms with Crippen LogP contribution in [0.25, 0.3) is 0 Å². The first-order chi connectivity index (χ1) is 7.81. The zero-order valence-corrected chi connectivity index (χ0v) is 11.8. The molecule has 0 heterocycles. The summed E-state index contributed by atoms with van der Waals surface area (Å²) in [5.74, 6) is -0.422. The van der Waals surface area contributed by atoms with E-state index in [1.165, 1.54) is 19.3 Å². The largest absolute Gasteiger partial charge is 0.368 e. The molecule has 0 saturated heterocycles. The molecule has 0 rings (SSSR count). The SMILES string of the molecule is CCCCCN(CCC(C)(N)C(N)=O)C(C)C. The van der Waals surface area contributed by atoms with E-state index in [0.29, 0.717) is 12.5 Å². The molecule has 1 unspecified atom stereocenters. The second kappa shape index (κ2) is 7.67. The third-order valence-corrected chi connectivity index (χ3v) is 3.26. The van der Waals surface area contributed by atoms with Gasteiger partial charge in [-0.1, -0.05) is 19.8 Å². The van der Waals surface area contributed by atoms with Crippen LogP contribution < -0.4 is 11.5 Å². The highest BCUT2D eigenvalue weighted by molar-refractivity contribution is 5.83. The number of nitrogens with two attached hydrogens (primary N) is 2. The summed E-state index contributed by atoms with van der Waals surface area (Å²) in [6, 6.07) is 0.482. The number of carbonyl (C=O) groups excluding carboxylic acids is 1. The van der Waals surface area contributed by atoms with Gasteiger partial charge < -0.3 is 16.4 Å². The second-order valence-electron chi connectivity index (χ2n) is 5.37. The molecule has 0 radical (unpaired) electrons. The van der Waals surface area contributed by atoms with Gasteiger partial charge in [0.05, 0.1) is 5.54 Å².